The maximum atomic E-state index is 10.3. The summed E-state index contributed by atoms with van der Waals surface area (Å²) in [5.74, 6) is -1.58. The van der Waals surface area contributed by atoms with Gasteiger partial charge in [-0.25, -0.2) is 4.79 Å². The minimum absolute atomic E-state index is 0.0880. The molecule has 11 heavy (non-hydrogen) atoms. The number of hydrogen-bond donors (Lipinski definition) is 1. The van der Waals surface area contributed by atoms with Crippen LogP contribution in [-0.2, 0) is 14.3 Å². The molecule has 0 aromatic carbocycles. The van der Waals surface area contributed by atoms with Crippen molar-refractivity contribution in [3.05, 3.63) is 11.8 Å². The molecule has 62 valence electrons. The standard InChI is InChI=1S/C6H7BrO4/c1-4(8)11-5(3-7)2-6(9)10/h2H,3H2,1H3,(H,9,10). The van der Waals surface area contributed by atoms with E-state index in [0.717, 1.165) is 6.08 Å². The number of esters is 1. The second-order valence-electron chi connectivity index (χ2n) is 1.68. The highest BCUT2D eigenvalue weighted by Gasteiger charge is 2.02. The number of carbonyl (C=O) groups is 2. The molecule has 0 amide bonds. The number of hydrogen-bond acceptors (Lipinski definition) is 3. The van der Waals surface area contributed by atoms with Crippen LogP contribution in [0.3, 0.4) is 0 Å². The Morgan fingerprint density at radius 3 is 2.45 bits per heavy atom. The molecule has 0 aromatic heterocycles. The highest BCUT2D eigenvalue weighted by atomic mass is 79.9. The molecule has 0 unspecified atom stereocenters. The Morgan fingerprint density at radius 1 is 1.64 bits per heavy atom. The van der Waals surface area contributed by atoms with Crippen molar-refractivity contribution in [1.82, 2.24) is 0 Å². The monoisotopic (exact) mass is 222 g/mol. The van der Waals surface area contributed by atoms with E-state index in [4.69, 9.17) is 5.11 Å². The van der Waals surface area contributed by atoms with Gasteiger partial charge in [-0.15, -0.1) is 0 Å². The molecule has 0 atom stereocenters. The minimum atomic E-state index is -1.14. The molecule has 0 heterocycles. The fourth-order valence-electron chi connectivity index (χ4n) is 0.418. The molecule has 0 rings (SSSR count). The van der Waals surface area contributed by atoms with Crippen LogP contribution in [0.15, 0.2) is 11.8 Å². The second-order valence-corrected chi connectivity index (χ2v) is 2.24. The van der Waals surface area contributed by atoms with Crippen LogP contribution in [0, 0.1) is 0 Å². The van der Waals surface area contributed by atoms with Gasteiger partial charge in [-0.1, -0.05) is 15.9 Å². The van der Waals surface area contributed by atoms with Gasteiger partial charge in [-0.2, -0.15) is 0 Å². The van der Waals surface area contributed by atoms with E-state index in [1.54, 1.807) is 0 Å². The topological polar surface area (TPSA) is 63.6 Å². The number of carbonyl (C=O) groups excluding carboxylic acids is 1. The van der Waals surface area contributed by atoms with Crippen LogP contribution in [0.2, 0.25) is 0 Å². The first-order valence-corrected chi connectivity index (χ1v) is 3.86. The molecule has 4 nitrogen and oxygen atoms in total. The van der Waals surface area contributed by atoms with Crippen molar-refractivity contribution in [2.24, 2.45) is 0 Å². The lowest BCUT2D eigenvalue weighted by atomic mass is 10.5. The van der Waals surface area contributed by atoms with Crippen molar-refractivity contribution in [3.63, 3.8) is 0 Å². The Labute approximate surface area is 72.0 Å². The van der Waals surface area contributed by atoms with E-state index in [1.165, 1.54) is 6.92 Å². The van der Waals surface area contributed by atoms with E-state index in [2.05, 4.69) is 20.7 Å². The van der Waals surface area contributed by atoms with Gasteiger partial charge in [-0.3, -0.25) is 4.79 Å². The maximum Gasteiger partial charge on any atom is 0.331 e. The molecule has 0 aliphatic heterocycles. The average molecular weight is 223 g/mol. The van der Waals surface area contributed by atoms with Crippen LogP contribution in [0.1, 0.15) is 6.92 Å². The number of aliphatic carboxylic acids is 1. The summed E-state index contributed by atoms with van der Waals surface area (Å²) >= 11 is 2.96. The first kappa shape index (κ1) is 10.2. The Morgan fingerprint density at radius 2 is 2.18 bits per heavy atom. The van der Waals surface area contributed by atoms with Gasteiger partial charge >= 0.3 is 11.9 Å². The third-order valence-corrected chi connectivity index (χ3v) is 1.24. The Bertz CT molecular complexity index is 197. The highest BCUT2D eigenvalue weighted by Crippen LogP contribution is 2.01. The van der Waals surface area contributed by atoms with Crippen molar-refractivity contribution in [1.29, 1.82) is 0 Å². The molecule has 0 saturated heterocycles. The molecule has 1 N–H and O–H groups in total. The van der Waals surface area contributed by atoms with Gasteiger partial charge in [0.1, 0.15) is 5.76 Å². The normalized spacial score (nSPS) is 10.9. The molecular weight excluding hydrogens is 216 g/mol. The summed E-state index contributed by atoms with van der Waals surface area (Å²) < 4.78 is 4.50. The third kappa shape index (κ3) is 5.60. The molecule has 0 aliphatic carbocycles. The first-order chi connectivity index (χ1) is 5.06. The van der Waals surface area contributed by atoms with Crippen LogP contribution in [-0.4, -0.2) is 22.4 Å². The fourth-order valence-corrected chi connectivity index (χ4v) is 0.694. The zero-order valence-electron chi connectivity index (χ0n) is 5.83. The summed E-state index contributed by atoms with van der Waals surface area (Å²) in [6, 6.07) is 0. The van der Waals surface area contributed by atoms with Crippen molar-refractivity contribution in [3.8, 4) is 0 Å². The average Bonchev–Trinajstić information content (AvgIpc) is 1.84. The lowest BCUT2D eigenvalue weighted by molar-refractivity contribution is -0.136. The molecule has 0 aliphatic rings. The van der Waals surface area contributed by atoms with Crippen LogP contribution in [0.25, 0.3) is 0 Å². The number of carboxylic acids is 1. The van der Waals surface area contributed by atoms with Crippen molar-refractivity contribution < 1.29 is 19.4 Å². The summed E-state index contributed by atoms with van der Waals surface area (Å²) in [7, 11) is 0. The summed E-state index contributed by atoms with van der Waals surface area (Å²) in [5, 5.41) is 8.45. The van der Waals surface area contributed by atoms with Gasteiger partial charge in [0, 0.05) is 6.92 Å². The van der Waals surface area contributed by atoms with Crippen LogP contribution < -0.4 is 0 Å². The summed E-state index contributed by atoms with van der Waals surface area (Å²) in [4.78, 5) is 20.4. The first-order valence-electron chi connectivity index (χ1n) is 2.74. The number of rotatable bonds is 3. The molecule has 0 aromatic rings. The smallest absolute Gasteiger partial charge is 0.331 e. The predicted octanol–water partition coefficient (Wildman–Crippen LogP) is 0.913. The molecule has 0 fully saturated rings. The Balaban J connectivity index is 4.16. The van der Waals surface area contributed by atoms with Gasteiger partial charge in [0.25, 0.3) is 0 Å². The summed E-state index contributed by atoms with van der Waals surface area (Å²) in [6.07, 6.45) is 0.830. The van der Waals surface area contributed by atoms with Crippen LogP contribution in [0.5, 0.6) is 0 Å². The number of alkyl halides is 1. The Kier molecular flexibility index (Phi) is 4.52. The number of ether oxygens (including phenoxy) is 1. The zero-order valence-corrected chi connectivity index (χ0v) is 7.42. The summed E-state index contributed by atoms with van der Waals surface area (Å²) in [6.45, 7) is 1.21. The molecule has 0 bridgehead atoms. The van der Waals surface area contributed by atoms with Crippen molar-refractivity contribution >= 4 is 27.9 Å². The van der Waals surface area contributed by atoms with E-state index >= 15 is 0 Å². The minimum Gasteiger partial charge on any atom is -0.478 e. The molecule has 0 radical (unpaired) electrons. The molecular formula is C6H7BrO4. The van der Waals surface area contributed by atoms with E-state index in [1.807, 2.05) is 0 Å². The van der Waals surface area contributed by atoms with Crippen molar-refractivity contribution in [2.45, 2.75) is 6.92 Å². The van der Waals surface area contributed by atoms with E-state index < -0.39 is 11.9 Å². The van der Waals surface area contributed by atoms with E-state index in [0.29, 0.717) is 0 Å². The van der Waals surface area contributed by atoms with Crippen LogP contribution >= 0.6 is 15.9 Å². The van der Waals surface area contributed by atoms with Gasteiger partial charge in [0.15, 0.2) is 0 Å². The molecule has 0 spiro atoms. The lowest BCUT2D eigenvalue weighted by Gasteiger charge is -2.00. The summed E-state index contributed by atoms with van der Waals surface area (Å²) in [5.41, 5.74) is 0. The fraction of sp³-hybridized carbons (Fsp3) is 0.333. The predicted molar refractivity (Wildman–Crippen MR) is 41.3 cm³/mol. The van der Waals surface area contributed by atoms with E-state index in [-0.39, 0.29) is 11.1 Å². The van der Waals surface area contributed by atoms with Crippen LogP contribution in [0.4, 0.5) is 0 Å². The largest absolute Gasteiger partial charge is 0.478 e. The number of allylic oxidation sites excluding steroid dienone is 1. The maximum absolute atomic E-state index is 10.3. The quantitative estimate of drug-likeness (QED) is 0.334. The SMILES string of the molecule is CC(=O)OC(=CC(=O)O)CBr. The van der Waals surface area contributed by atoms with Gasteiger partial charge < -0.3 is 9.84 Å². The lowest BCUT2D eigenvalue weighted by Crippen LogP contribution is -2.02. The van der Waals surface area contributed by atoms with E-state index in [9.17, 15) is 9.59 Å². The van der Waals surface area contributed by atoms with Gasteiger partial charge in [0.2, 0.25) is 0 Å². The number of halogens is 1. The third-order valence-electron chi connectivity index (χ3n) is 0.691. The second kappa shape index (κ2) is 4.90. The molecule has 5 heteroatoms. The molecule has 0 saturated carbocycles. The Hall–Kier alpha value is -0.840. The van der Waals surface area contributed by atoms with Crippen molar-refractivity contribution in [2.75, 3.05) is 5.33 Å². The van der Waals surface area contributed by atoms with Gasteiger partial charge in [0.05, 0.1) is 11.4 Å². The van der Waals surface area contributed by atoms with Gasteiger partial charge in [-0.05, 0) is 0 Å². The zero-order chi connectivity index (χ0) is 8.85. The highest BCUT2D eigenvalue weighted by molar-refractivity contribution is 9.09. The number of carboxylic acid groups (broad SMARTS) is 1.